The fraction of sp³-hybridized carbons (Fsp3) is 0.421. The minimum Gasteiger partial charge on any atom is -0.391 e. The molecular weight excluding hydrogens is 344 g/mol. The van der Waals surface area contributed by atoms with Crippen molar-refractivity contribution in [2.45, 2.75) is 44.8 Å². The van der Waals surface area contributed by atoms with Crippen LogP contribution in [-0.2, 0) is 11.2 Å². The molecule has 1 aromatic heterocycles. The first kappa shape index (κ1) is 18.0. The van der Waals surface area contributed by atoms with Crippen LogP contribution in [0.2, 0.25) is 0 Å². The lowest BCUT2D eigenvalue weighted by molar-refractivity contribution is -0.132. The Hall–Kier alpha value is -1.79. The quantitative estimate of drug-likeness (QED) is 0.870. The van der Waals surface area contributed by atoms with E-state index in [1.165, 1.54) is 15.8 Å². The number of amides is 1. The van der Waals surface area contributed by atoms with E-state index in [0.29, 0.717) is 18.4 Å². The molecule has 0 radical (unpaired) electrons. The Kier molecular flexibility index (Phi) is 5.49. The molecule has 1 amide bonds. The van der Waals surface area contributed by atoms with Crippen molar-refractivity contribution in [2.24, 2.45) is 0 Å². The van der Waals surface area contributed by atoms with Gasteiger partial charge in [0, 0.05) is 22.7 Å². The van der Waals surface area contributed by atoms with E-state index in [1.807, 2.05) is 0 Å². The average molecular weight is 365 g/mol. The van der Waals surface area contributed by atoms with E-state index in [4.69, 9.17) is 0 Å². The van der Waals surface area contributed by atoms with E-state index in [0.717, 1.165) is 25.0 Å². The third-order valence-electron chi connectivity index (χ3n) is 4.54. The Labute approximate surface area is 149 Å². The van der Waals surface area contributed by atoms with Crippen molar-refractivity contribution in [1.82, 2.24) is 4.90 Å². The summed E-state index contributed by atoms with van der Waals surface area (Å²) in [6, 6.07) is 7.41. The summed E-state index contributed by atoms with van der Waals surface area (Å²) < 4.78 is 26.7. The number of β-amino-alcohol motifs (C(OH)–C–C–N with tert-alkyl or cyclic N) is 1. The maximum absolute atomic E-state index is 13.5. The van der Waals surface area contributed by atoms with Crippen LogP contribution < -0.4 is 0 Å². The molecule has 2 heterocycles. The van der Waals surface area contributed by atoms with Crippen molar-refractivity contribution < 1.29 is 18.7 Å². The zero-order valence-corrected chi connectivity index (χ0v) is 14.9. The zero-order chi connectivity index (χ0) is 18.0. The molecule has 2 atom stereocenters. The number of rotatable bonds is 5. The van der Waals surface area contributed by atoms with Gasteiger partial charge < -0.3 is 10.0 Å². The van der Waals surface area contributed by atoms with E-state index >= 15 is 0 Å². The van der Waals surface area contributed by atoms with Crippen LogP contribution in [0.25, 0.3) is 0 Å². The van der Waals surface area contributed by atoms with E-state index in [9.17, 15) is 18.7 Å². The van der Waals surface area contributed by atoms with Crippen molar-refractivity contribution >= 4 is 17.2 Å². The second-order valence-electron chi connectivity index (χ2n) is 6.49. The highest BCUT2D eigenvalue weighted by atomic mass is 32.1. The number of aliphatic hydroxyl groups is 1. The van der Waals surface area contributed by atoms with Gasteiger partial charge in [-0.2, -0.15) is 0 Å². The number of carbonyl (C=O) groups is 1. The SMILES string of the molecule is Cc1ccc(CCCC(=O)N2CC(O)CC2c2ccc(F)c(F)c2)s1. The molecule has 3 nitrogen and oxygen atoms in total. The van der Waals surface area contributed by atoms with Crippen LogP contribution in [0, 0.1) is 18.6 Å². The van der Waals surface area contributed by atoms with Gasteiger partial charge in [0.05, 0.1) is 12.1 Å². The van der Waals surface area contributed by atoms with E-state index < -0.39 is 23.8 Å². The molecule has 6 heteroatoms. The number of benzene rings is 1. The van der Waals surface area contributed by atoms with Gasteiger partial charge >= 0.3 is 0 Å². The summed E-state index contributed by atoms with van der Waals surface area (Å²) in [5.74, 6) is -1.90. The second kappa shape index (κ2) is 7.62. The van der Waals surface area contributed by atoms with Crippen molar-refractivity contribution in [3.63, 3.8) is 0 Å². The lowest BCUT2D eigenvalue weighted by Crippen LogP contribution is -2.31. The fourth-order valence-corrected chi connectivity index (χ4v) is 4.23. The van der Waals surface area contributed by atoms with E-state index in [2.05, 4.69) is 19.1 Å². The number of halogens is 2. The molecule has 2 aromatic rings. The minimum absolute atomic E-state index is 0.0560. The van der Waals surface area contributed by atoms with Gasteiger partial charge in [-0.15, -0.1) is 11.3 Å². The van der Waals surface area contributed by atoms with Gasteiger partial charge in [-0.25, -0.2) is 8.78 Å². The van der Waals surface area contributed by atoms with Gasteiger partial charge in [0.1, 0.15) is 0 Å². The molecule has 0 bridgehead atoms. The molecule has 1 N–H and O–H groups in total. The summed E-state index contributed by atoms with van der Waals surface area (Å²) in [4.78, 5) is 16.7. The molecule has 1 fully saturated rings. The number of hydrogen-bond donors (Lipinski definition) is 1. The predicted molar refractivity (Wildman–Crippen MR) is 93.4 cm³/mol. The lowest BCUT2D eigenvalue weighted by Gasteiger charge is -2.25. The average Bonchev–Trinajstić information content (AvgIpc) is 3.16. The monoisotopic (exact) mass is 365 g/mol. The van der Waals surface area contributed by atoms with Gasteiger partial charge in [-0.05, 0) is 56.0 Å². The highest BCUT2D eigenvalue weighted by Crippen LogP contribution is 2.33. The van der Waals surface area contributed by atoms with Crippen LogP contribution in [0.4, 0.5) is 8.78 Å². The number of aryl methyl sites for hydroxylation is 2. The number of carbonyl (C=O) groups excluding carboxylic acids is 1. The Bertz CT molecular complexity index is 762. The Balaban J connectivity index is 1.64. The molecule has 1 aliphatic heterocycles. The smallest absolute Gasteiger partial charge is 0.223 e. The zero-order valence-electron chi connectivity index (χ0n) is 14.0. The van der Waals surface area contributed by atoms with Crippen LogP contribution in [-0.4, -0.2) is 28.6 Å². The lowest BCUT2D eigenvalue weighted by atomic mass is 10.0. The maximum atomic E-state index is 13.5. The van der Waals surface area contributed by atoms with Gasteiger partial charge in [-0.1, -0.05) is 6.07 Å². The first-order valence-corrected chi connectivity index (χ1v) is 9.23. The van der Waals surface area contributed by atoms with Gasteiger partial charge in [0.15, 0.2) is 11.6 Å². The highest BCUT2D eigenvalue weighted by Gasteiger charge is 2.35. The molecular formula is C19H21F2NO2S. The fourth-order valence-electron chi connectivity index (χ4n) is 3.30. The summed E-state index contributed by atoms with van der Waals surface area (Å²) in [5, 5.41) is 9.95. The molecule has 0 saturated carbocycles. The molecule has 0 spiro atoms. The van der Waals surface area contributed by atoms with Crippen LogP contribution in [0.1, 0.15) is 40.6 Å². The number of nitrogens with zero attached hydrogens (tertiary/aromatic N) is 1. The third kappa shape index (κ3) is 4.25. The molecule has 134 valence electrons. The van der Waals surface area contributed by atoms with Crippen LogP contribution >= 0.6 is 11.3 Å². The minimum atomic E-state index is -0.931. The third-order valence-corrected chi connectivity index (χ3v) is 5.60. The van der Waals surface area contributed by atoms with E-state index in [-0.39, 0.29) is 12.5 Å². The predicted octanol–water partition coefficient (Wildman–Crippen LogP) is 3.99. The molecule has 25 heavy (non-hydrogen) atoms. The standard InChI is InChI=1S/C19H21F2NO2S/c1-12-5-7-15(25-12)3-2-4-19(24)22-11-14(23)10-18(22)13-6-8-16(20)17(21)9-13/h5-9,14,18,23H,2-4,10-11H2,1H3. The summed E-state index contributed by atoms with van der Waals surface area (Å²) in [6.07, 6.45) is 1.67. The summed E-state index contributed by atoms with van der Waals surface area (Å²) >= 11 is 1.73. The highest BCUT2D eigenvalue weighted by molar-refractivity contribution is 7.11. The molecule has 1 saturated heterocycles. The van der Waals surface area contributed by atoms with Gasteiger partial charge in [0.2, 0.25) is 5.91 Å². The number of aliphatic hydroxyl groups excluding tert-OH is 1. The largest absolute Gasteiger partial charge is 0.391 e. The molecule has 1 aromatic carbocycles. The van der Waals surface area contributed by atoms with Crippen molar-refractivity contribution in [1.29, 1.82) is 0 Å². The summed E-state index contributed by atoms with van der Waals surface area (Å²) in [6.45, 7) is 2.29. The first-order valence-electron chi connectivity index (χ1n) is 8.42. The van der Waals surface area contributed by atoms with Crippen LogP contribution in [0.15, 0.2) is 30.3 Å². The number of thiophene rings is 1. The normalized spacial score (nSPS) is 20.2. The van der Waals surface area contributed by atoms with E-state index in [1.54, 1.807) is 16.2 Å². The molecule has 0 aliphatic carbocycles. The second-order valence-corrected chi connectivity index (χ2v) is 7.86. The topological polar surface area (TPSA) is 40.5 Å². The Morgan fingerprint density at radius 3 is 2.76 bits per heavy atom. The van der Waals surface area contributed by atoms with Crippen molar-refractivity contribution in [2.75, 3.05) is 6.54 Å². The van der Waals surface area contributed by atoms with Crippen molar-refractivity contribution in [3.8, 4) is 0 Å². The molecule has 2 unspecified atom stereocenters. The molecule has 1 aliphatic rings. The number of hydrogen-bond acceptors (Lipinski definition) is 3. The Morgan fingerprint density at radius 2 is 2.08 bits per heavy atom. The summed E-state index contributed by atoms with van der Waals surface area (Å²) in [7, 11) is 0. The van der Waals surface area contributed by atoms with Gasteiger partial charge in [-0.3, -0.25) is 4.79 Å². The number of likely N-dealkylation sites (tertiary alicyclic amines) is 1. The van der Waals surface area contributed by atoms with Crippen molar-refractivity contribution in [3.05, 3.63) is 57.3 Å². The van der Waals surface area contributed by atoms with Crippen LogP contribution in [0.5, 0.6) is 0 Å². The first-order chi connectivity index (χ1) is 11.9. The van der Waals surface area contributed by atoms with Crippen LogP contribution in [0.3, 0.4) is 0 Å². The van der Waals surface area contributed by atoms with Gasteiger partial charge in [0.25, 0.3) is 0 Å². The Morgan fingerprint density at radius 1 is 1.28 bits per heavy atom. The summed E-state index contributed by atoms with van der Waals surface area (Å²) in [5.41, 5.74) is 0.526. The maximum Gasteiger partial charge on any atom is 0.223 e. The molecule has 3 rings (SSSR count).